The van der Waals surface area contributed by atoms with Gasteiger partial charge in [-0.2, -0.15) is 0 Å². The van der Waals surface area contributed by atoms with Crippen molar-refractivity contribution in [3.63, 3.8) is 0 Å². The van der Waals surface area contributed by atoms with E-state index < -0.39 is 4.92 Å². The Balaban J connectivity index is 2.84. The van der Waals surface area contributed by atoms with Crippen molar-refractivity contribution in [2.24, 2.45) is 0 Å². The third-order valence-corrected chi connectivity index (χ3v) is 1.83. The van der Waals surface area contributed by atoms with E-state index in [0.717, 1.165) is 11.3 Å². The van der Waals surface area contributed by atoms with E-state index in [1.165, 1.54) is 12.1 Å². The molecule has 5 nitrogen and oxygen atoms in total. The highest BCUT2D eigenvalue weighted by atomic mass is 16.6. The molecule has 1 aromatic rings. The summed E-state index contributed by atoms with van der Waals surface area (Å²) in [6, 6.07) is 4.66. The monoisotopic (exact) mass is 196 g/mol. The summed E-state index contributed by atoms with van der Waals surface area (Å²) in [6.45, 7) is 2.20. The fourth-order valence-electron chi connectivity index (χ4n) is 1.11. The van der Waals surface area contributed by atoms with E-state index in [1.54, 1.807) is 13.2 Å². The standard InChI is InChI=1S/C9H12N2O3/c1-7-5-8(11(12)13)3-4-9(7)10-6-14-2/h3-5,10H,6H2,1-2H3. The zero-order valence-corrected chi connectivity index (χ0v) is 8.11. The third-order valence-electron chi connectivity index (χ3n) is 1.83. The molecule has 5 heteroatoms. The van der Waals surface area contributed by atoms with Crippen molar-refractivity contribution in [2.75, 3.05) is 19.2 Å². The number of methoxy groups -OCH3 is 1. The number of anilines is 1. The minimum absolute atomic E-state index is 0.102. The number of nitro benzene ring substituents is 1. The molecule has 0 saturated heterocycles. The molecule has 0 atom stereocenters. The number of hydrogen-bond acceptors (Lipinski definition) is 4. The lowest BCUT2D eigenvalue weighted by molar-refractivity contribution is -0.384. The van der Waals surface area contributed by atoms with Gasteiger partial charge in [-0.15, -0.1) is 0 Å². The third kappa shape index (κ3) is 2.43. The van der Waals surface area contributed by atoms with Gasteiger partial charge in [0.25, 0.3) is 5.69 Å². The number of benzene rings is 1. The molecule has 0 radical (unpaired) electrons. The first-order valence-electron chi connectivity index (χ1n) is 4.13. The van der Waals surface area contributed by atoms with Crippen LogP contribution in [-0.2, 0) is 4.74 Å². The average molecular weight is 196 g/mol. The minimum Gasteiger partial charge on any atom is -0.365 e. The summed E-state index contributed by atoms with van der Waals surface area (Å²) in [5.41, 5.74) is 1.78. The number of hydrogen-bond donors (Lipinski definition) is 1. The molecule has 1 N–H and O–H groups in total. The van der Waals surface area contributed by atoms with Gasteiger partial charge in [0.05, 0.1) is 4.92 Å². The maximum absolute atomic E-state index is 10.4. The van der Waals surface area contributed by atoms with Crippen molar-refractivity contribution in [3.8, 4) is 0 Å². The van der Waals surface area contributed by atoms with Crippen molar-refractivity contribution < 1.29 is 9.66 Å². The first kappa shape index (κ1) is 10.5. The Morgan fingerprint density at radius 1 is 1.57 bits per heavy atom. The smallest absolute Gasteiger partial charge is 0.269 e. The molecule has 0 aliphatic rings. The van der Waals surface area contributed by atoms with E-state index in [2.05, 4.69) is 5.32 Å². The highest BCUT2D eigenvalue weighted by Crippen LogP contribution is 2.20. The summed E-state index contributed by atoms with van der Waals surface area (Å²) in [4.78, 5) is 10.0. The Morgan fingerprint density at radius 2 is 2.29 bits per heavy atom. The van der Waals surface area contributed by atoms with Gasteiger partial charge in [0.15, 0.2) is 0 Å². The highest BCUT2D eigenvalue weighted by molar-refractivity contribution is 5.55. The van der Waals surface area contributed by atoms with E-state index >= 15 is 0 Å². The second-order valence-electron chi connectivity index (χ2n) is 2.87. The second kappa shape index (κ2) is 4.57. The molecule has 0 aliphatic heterocycles. The molecule has 0 spiro atoms. The van der Waals surface area contributed by atoms with Gasteiger partial charge < -0.3 is 10.1 Å². The predicted molar refractivity (Wildman–Crippen MR) is 53.3 cm³/mol. The summed E-state index contributed by atoms with van der Waals surface area (Å²) >= 11 is 0. The van der Waals surface area contributed by atoms with Crippen LogP contribution in [0.25, 0.3) is 0 Å². The number of nitrogens with one attached hydrogen (secondary N) is 1. The number of nitro groups is 1. The van der Waals surface area contributed by atoms with Crippen LogP contribution in [0.15, 0.2) is 18.2 Å². The molecule has 14 heavy (non-hydrogen) atoms. The van der Waals surface area contributed by atoms with Crippen LogP contribution in [-0.4, -0.2) is 18.8 Å². The molecule has 1 rings (SSSR count). The average Bonchev–Trinajstić information content (AvgIpc) is 2.15. The Hall–Kier alpha value is -1.62. The molecule has 0 saturated carbocycles. The van der Waals surface area contributed by atoms with Gasteiger partial charge in [-0.25, -0.2) is 0 Å². The van der Waals surface area contributed by atoms with Gasteiger partial charge >= 0.3 is 0 Å². The Labute approximate surface area is 81.8 Å². The van der Waals surface area contributed by atoms with E-state index in [4.69, 9.17) is 4.74 Å². The lowest BCUT2D eigenvalue weighted by atomic mass is 10.2. The molecule has 0 aliphatic carbocycles. The Morgan fingerprint density at radius 3 is 2.79 bits per heavy atom. The molecular formula is C9H12N2O3. The predicted octanol–water partition coefficient (Wildman–Crippen LogP) is 1.92. The maximum atomic E-state index is 10.4. The molecule has 0 bridgehead atoms. The highest BCUT2D eigenvalue weighted by Gasteiger charge is 2.06. The Kier molecular flexibility index (Phi) is 3.41. The van der Waals surface area contributed by atoms with Crippen LogP contribution in [0, 0.1) is 17.0 Å². The summed E-state index contributed by atoms with van der Waals surface area (Å²) < 4.78 is 4.83. The van der Waals surface area contributed by atoms with Gasteiger partial charge in [-0.3, -0.25) is 10.1 Å². The first-order valence-corrected chi connectivity index (χ1v) is 4.13. The van der Waals surface area contributed by atoms with E-state index in [-0.39, 0.29) is 5.69 Å². The molecule has 0 heterocycles. The summed E-state index contributed by atoms with van der Waals surface area (Å²) in [5, 5.41) is 13.4. The van der Waals surface area contributed by atoms with E-state index in [9.17, 15) is 10.1 Å². The van der Waals surface area contributed by atoms with Crippen LogP contribution in [0.4, 0.5) is 11.4 Å². The number of aryl methyl sites for hydroxylation is 1. The van der Waals surface area contributed by atoms with Gasteiger partial charge in [-0.05, 0) is 18.6 Å². The van der Waals surface area contributed by atoms with Crippen LogP contribution >= 0.6 is 0 Å². The van der Waals surface area contributed by atoms with Crippen molar-refractivity contribution in [2.45, 2.75) is 6.92 Å². The lowest BCUT2D eigenvalue weighted by Crippen LogP contribution is -2.04. The summed E-state index contributed by atoms with van der Waals surface area (Å²) in [6.07, 6.45) is 0. The van der Waals surface area contributed by atoms with Crippen LogP contribution < -0.4 is 5.32 Å². The van der Waals surface area contributed by atoms with Crippen LogP contribution in [0.5, 0.6) is 0 Å². The lowest BCUT2D eigenvalue weighted by Gasteiger charge is -2.07. The normalized spacial score (nSPS) is 9.86. The van der Waals surface area contributed by atoms with Crippen LogP contribution in [0.2, 0.25) is 0 Å². The topological polar surface area (TPSA) is 64.4 Å². The maximum Gasteiger partial charge on any atom is 0.269 e. The fraction of sp³-hybridized carbons (Fsp3) is 0.333. The van der Waals surface area contributed by atoms with Crippen molar-refractivity contribution >= 4 is 11.4 Å². The molecule has 0 aromatic heterocycles. The second-order valence-corrected chi connectivity index (χ2v) is 2.87. The molecule has 0 unspecified atom stereocenters. The molecule has 0 fully saturated rings. The number of ether oxygens (including phenoxy) is 1. The van der Waals surface area contributed by atoms with Crippen molar-refractivity contribution in [1.82, 2.24) is 0 Å². The van der Waals surface area contributed by atoms with Crippen LogP contribution in [0.3, 0.4) is 0 Å². The number of rotatable bonds is 4. The van der Waals surface area contributed by atoms with E-state index in [0.29, 0.717) is 6.73 Å². The van der Waals surface area contributed by atoms with Gasteiger partial charge in [0, 0.05) is 24.9 Å². The molecule has 0 amide bonds. The number of non-ortho nitro benzene ring substituents is 1. The van der Waals surface area contributed by atoms with E-state index in [1.807, 2.05) is 6.92 Å². The molecular weight excluding hydrogens is 184 g/mol. The fourth-order valence-corrected chi connectivity index (χ4v) is 1.11. The molecule has 1 aromatic carbocycles. The zero-order chi connectivity index (χ0) is 10.6. The minimum atomic E-state index is -0.410. The molecule has 76 valence electrons. The van der Waals surface area contributed by atoms with Crippen molar-refractivity contribution in [1.29, 1.82) is 0 Å². The summed E-state index contributed by atoms with van der Waals surface area (Å²) in [5.74, 6) is 0. The number of nitrogens with zero attached hydrogens (tertiary/aromatic N) is 1. The zero-order valence-electron chi connectivity index (χ0n) is 8.11. The SMILES string of the molecule is COCNc1ccc([N+](=O)[O-])cc1C. The quantitative estimate of drug-likeness (QED) is 0.454. The first-order chi connectivity index (χ1) is 6.65. The summed E-state index contributed by atoms with van der Waals surface area (Å²) in [7, 11) is 1.58. The van der Waals surface area contributed by atoms with Crippen molar-refractivity contribution in [3.05, 3.63) is 33.9 Å². The Bertz CT molecular complexity index is 339. The van der Waals surface area contributed by atoms with Gasteiger partial charge in [0.2, 0.25) is 0 Å². The van der Waals surface area contributed by atoms with Gasteiger partial charge in [-0.1, -0.05) is 0 Å². The largest absolute Gasteiger partial charge is 0.365 e. The van der Waals surface area contributed by atoms with Crippen LogP contribution in [0.1, 0.15) is 5.56 Å². The van der Waals surface area contributed by atoms with Gasteiger partial charge in [0.1, 0.15) is 6.73 Å².